The van der Waals surface area contributed by atoms with Gasteiger partial charge in [-0.3, -0.25) is 5.10 Å². The van der Waals surface area contributed by atoms with Gasteiger partial charge in [-0.25, -0.2) is 5.10 Å². The maximum Gasteiger partial charge on any atom is 0.216 e. The fourth-order valence-corrected chi connectivity index (χ4v) is 2.21. The summed E-state index contributed by atoms with van der Waals surface area (Å²) in [7, 11) is 0. The van der Waals surface area contributed by atoms with Crippen LogP contribution in [0.25, 0.3) is 11.5 Å². The molecule has 0 bridgehead atoms. The summed E-state index contributed by atoms with van der Waals surface area (Å²) in [5.74, 6) is 0.567. The quantitative estimate of drug-likeness (QED) is 0.554. The molecule has 0 saturated heterocycles. The van der Waals surface area contributed by atoms with E-state index in [1.54, 1.807) is 10.9 Å². The first-order chi connectivity index (χ1) is 10.1. The Hall–Kier alpha value is -2.06. The second-order valence-electron chi connectivity index (χ2n) is 4.40. The highest BCUT2D eigenvalue weighted by atomic mass is 79.9. The lowest BCUT2D eigenvalue weighted by Crippen LogP contribution is -1.95. The molecule has 0 spiro atoms. The number of hydrogen-bond acceptors (Lipinski definition) is 4. The molecule has 0 atom stereocenters. The minimum Gasteiger partial charge on any atom is -0.282 e. The maximum absolute atomic E-state index is 5.20. The molecule has 106 valence electrons. The van der Waals surface area contributed by atoms with E-state index in [1.807, 2.05) is 37.3 Å². The smallest absolute Gasteiger partial charge is 0.216 e. The van der Waals surface area contributed by atoms with Crippen molar-refractivity contribution in [2.45, 2.75) is 6.92 Å². The van der Waals surface area contributed by atoms with Crippen molar-refractivity contribution in [2.24, 2.45) is 5.10 Å². The maximum atomic E-state index is 5.20. The number of halogens is 1. The van der Waals surface area contributed by atoms with Gasteiger partial charge in [-0.1, -0.05) is 28.1 Å². The molecule has 0 aliphatic carbocycles. The number of benzene rings is 1. The van der Waals surface area contributed by atoms with Crippen LogP contribution < -0.4 is 0 Å². The standard InChI is InChI=1S/C13H11BrN6S/c1-8-6-11(17-16-8)12-18-19-13(21)20(12)15-7-9-2-4-10(14)5-3-9/h2-7H,1H3,(H,16,17)(H,19,21)/b15-7+. The van der Waals surface area contributed by atoms with Gasteiger partial charge in [0.1, 0.15) is 5.69 Å². The van der Waals surface area contributed by atoms with Crippen LogP contribution in [0.5, 0.6) is 0 Å². The lowest BCUT2D eigenvalue weighted by Gasteiger charge is -1.97. The van der Waals surface area contributed by atoms with Gasteiger partial charge in [-0.15, -0.1) is 0 Å². The topological polar surface area (TPSA) is 74.7 Å². The summed E-state index contributed by atoms with van der Waals surface area (Å²) in [6, 6.07) is 9.70. The van der Waals surface area contributed by atoms with Crippen molar-refractivity contribution in [3.8, 4) is 11.5 Å². The van der Waals surface area contributed by atoms with Gasteiger partial charge >= 0.3 is 0 Å². The summed E-state index contributed by atoms with van der Waals surface area (Å²) in [6.07, 6.45) is 1.72. The van der Waals surface area contributed by atoms with E-state index in [-0.39, 0.29) is 0 Å². The molecule has 0 aliphatic rings. The molecular weight excluding hydrogens is 352 g/mol. The number of aryl methyl sites for hydroxylation is 1. The molecule has 0 amide bonds. The third-order valence-electron chi connectivity index (χ3n) is 2.78. The van der Waals surface area contributed by atoms with Crippen LogP contribution in [0.2, 0.25) is 0 Å². The zero-order valence-electron chi connectivity index (χ0n) is 11.0. The van der Waals surface area contributed by atoms with Crippen LogP contribution in [0.4, 0.5) is 0 Å². The SMILES string of the molecule is Cc1cc(-c2n[nH]c(=S)n2/N=C/c2ccc(Br)cc2)n[nH]1. The molecule has 3 rings (SSSR count). The van der Waals surface area contributed by atoms with Crippen molar-refractivity contribution < 1.29 is 0 Å². The van der Waals surface area contributed by atoms with Crippen LogP contribution in [-0.4, -0.2) is 31.3 Å². The zero-order valence-corrected chi connectivity index (χ0v) is 13.4. The third kappa shape index (κ3) is 3.01. The van der Waals surface area contributed by atoms with Crippen molar-refractivity contribution in [3.05, 3.63) is 50.8 Å². The molecule has 0 aliphatic heterocycles. The van der Waals surface area contributed by atoms with E-state index in [4.69, 9.17) is 12.2 Å². The third-order valence-corrected chi connectivity index (χ3v) is 3.57. The Morgan fingerprint density at radius 1 is 1.24 bits per heavy atom. The normalized spacial score (nSPS) is 11.3. The largest absolute Gasteiger partial charge is 0.282 e. The summed E-state index contributed by atoms with van der Waals surface area (Å²) in [4.78, 5) is 0. The number of aromatic nitrogens is 5. The molecule has 0 saturated carbocycles. The minimum atomic E-state index is 0.416. The summed E-state index contributed by atoms with van der Waals surface area (Å²) in [6.45, 7) is 1.92. The van der Waals surface area contributed by atoms with Crippen molar-refractivity contribution >= 4 is 34.4 Å². The van der Waals surface area contributed by atoms with Crippen LogP contribution in [0, 0.1) is 11.7 Å². The second kappa shape index (κ2) is 5.74. The number of rotatable bonds is 3. The summed E-state index contributed by atoms with van der Waals surface area (Å²) in [5, 5.41) is 18.3. The number of nitrogens with one attached hydrogen (secondary N) is 2. The second-order valence-corrected chi connectivity index (χ2v) is 5.70. The number of aromatic amines is 2. The van der Waals surface area contributed by atoms with Gasteiger partial charge in [-0.05, 0) is 42.9 Å². The van der Waals surface area contributed by atoms with Crippen LogP contribution in [-0.2, 0) is 0 Å². The highest BCUT2D eigenvalue weighted by molar-refractivity contribution is 9.10. The average Bonchev–Trinajstić information content (AvgIpc) is 3.05. The van der Waals surface area contributed by atoms with Crippen molar-refractivity contribution in [2.75, 3.05) is 0 Å². The predicted octanol–water partition coefficient (Wildman–Crippen LogP) is 3.28. The van der Waals surface area contributed by atoms with E-state index < -0.39 is 0 Å². The highest BCUT2D eigenvalue weighted by Gasteiger charge is 2.10. The average molecular weight is 363 g/mol. The molecule has 21 heavy (non-hydrogen) atoms. The summed E-state index contributed by atoms with van der Waals surface area (Å²) in [5.41, 5.74) is 2.60. The first-order valence-corrected chi connectivity index (χ1v) is 7.33. The number of H-pyrrole nitrogens is 2. The predicted molar refractivity (Wildman–Crippen MR) is 86.9 cm³/mol. The fourth-order valence-electron chi connectivity index (χ4n) is 1.77. The van der Waals surface area contributed by atoms with E-state index in [1.165, 1.54) is 0 Å². The Kier molecular flexibility index (Phi) is 3.80. The van der Waals surface area contributed by atoms with E-state index in [0.29, 0.717) is 16.3 Å². The van der Waals surface area contributed by atoms with Crippen LogP contribution in [0.15, 0.2) is 39.9 Å². The van der Waals surface area contributed by atoms with Crippen molar-refractivity contribution in [3.63, 3.8) is 0 Å². The Morgan fingerprint density at radius 3 is 2.67 bits per heavy atom. The summed E-state index contributed by atoms with van der Waals surface area (Å²) >= 11 is 8.60. The van der Waals surface area contributed by atoms with Crippen LogP contribution >= 0.6 is 28.1 Å². The molecule has 0 unspecified atom stereocenters. The molecule has 2 N–H and O–H groups in total. The molecule has 1 aromatic carbocycles. The lowest BCUT2D eigenvalue weighted by molar-refractivity contribution is 0.865. The summed E-state index contributed by atoms with van der Waals surface area (Å²) < 4.78 is 2.98. The highest BCUT2D eigenvalue weighted by Crippen LogP contribution is 2.15. The first kappa shape index (κ1) is 13.9. The van der Waals surface area contributed by atoms with Crippen molar-refractivity contribution in [1.82, 2.24) is 25.1 Å². The van der Waals surface area contributed by atoms with E-state index in [9.17, 15) is 0 Å². The van der Waals surface area contributed by atoms with Gasteiger partial charge in [0.2, 0.25) is 10.6 Å². The first-order valence-electron chi connectivity index (χ1n) is 6.13. The Morgan fingerprint density at radius 2 is 2.00 bits per heavy atom. The fraction of sp³-hybridized carbons (Fsp3) is 0.0769. The number of hydrogen-bond donors (Lipinski definition) is 2. The zero-order chi connectivity index (χ0) is 14.8. The monoisotopic (exact) mass is 362 g/mol. The number of nitrogens with zero attached hydrogens (tertiary/aromatic N) is 4. The van der Waals surface area contributed by atoms with E-state index in [0.717, 1.165) is 15.7 Å². The Labute approximate surface area is 134 Å². The van der Waals surface area contributed by atoms with Gasteiger partial charge < -0.3 is 0 Å². The molecule has 6 nitrogen and oxygen atoms in total. The molecule has 2 heterocycles. The Bertz CT molecular complexity index is 842. The molecular formula is C13H11BrN6S. The van der Waals surface area contributed by atoms with Gasteiger partial charge in [0, 0.05) is 10.2 Å². The van der Waals surface area contributed by atoms with Gasteiger partial charge in [-0.2, -0.15) is 20.0 Å². The molecule has 0 fully saturated rings. The van der Waals surface area contributed by atoms with Gasteiger partial charge in [0.05, 0.1) is 6.21 Å². The van der Waals surface area contributed by atoms with Crippen LogP contribution in [0.3, 0.4) is 0 Å². The van der Waals surface area contributed by atoms with Crippen LogP contribution in [0.1, 0.15) is 11.3 Å². The molecule has 3 aromatic rings. The van der Waals surface area contributed by atoms with Crippen molar-refractivity contribution in [1.29, 1.82) is 0 Å². The van der Waals surface area contributed by atoms with Gasteiger partial charge in [0.25, 0.3) is 0 Å². The van der Waals surface area contributed by atoms with Gasteiger partial charge in [0.15, 0.2) is 0 Å². The molecule has 0 radical (unpaired) electrons. The Balaban J connectivity index is 1.97. The lowest BCUT2D eigenvalue weighted by atomic mass is 10.2. The minimum absolute atomic E-state index is 0.416. The molecule has 2 aromatic heterocycles. The van der Waals surface area contributed by atoms with E-state index >= 15 is 0 Å². The molecule has 8 heteroatoms. The van der Waals surface area contributed by atoms with E-state index in [2.05, 4.69) is 41.4 Å².